The molecule has 0 saturated carbocycles. The molecule has 4 heteroatoms. The molecule has 2 N–H and O–H groups in total. The van der Waals surface area contributed by atoms with Crippen molar-refractivity contribution in [3.63, 3.8) is 0 Å². The maximum absolute atomic E-state index is 4.69. The SMILES string of the molecule is CCCNC(=NCC(C)(C)c1ccccc1)NCC.I. The molecule has 0 aliphatic rings. The van der Waals surface area contributed by atoms with Gasteiger partial charge in [0.15, 0.2) is 5.96 Å². The Bertz CT molecular complexity index is 388. The van der Waals surface area contributed by atoms with Crippen LogP contribution in [-0.4, -0.2) is 25.6 Å². The van der Waals surface area contributed by atoms with Gasteiger partial charge in [0, 0.05) is 18.5 Å². The summed E-state index contributed by atoms with van der Waals surface area (Å²) >= 11 is 0. The van der Waals surface area contributed by atoms with Crippen molar-refractivity contribution < 1.29 is 0 Å². The number of halogens is 1. The lowest BCUT2D eigenvalue weighted by Crippen LogP contribution is -2.38. The summed E-state index contributed by atoms with van der Waals surface area (Å²) < 4.78 is 0. The summed E-state index contributed by atoms with van der Waals surface area (Å²) in [7, 11) is 0. The van der Waals surface area contributed by atoms with Crippen LogP contribution in [0.1, 0.15) is 39.7 Å². The van der Waals surface area contributed by atoms with Gasteiger partial charge >= 0.3 is 0 Å². The Balaban J connectivity index is 0.00000361. The van der Waals surface area contributed by atoms with Crippen LogP contribution in [0.3, 0.4) is 0 Å². The standard InChI is InChI=1S/C16H27N3.HI/c1-5-12-18-15(17-6-2)19-13-16(3,4)14-10-8-7-9-11-14;/h7-11H,5-6,12-13H2,1-4H3,(H2,17,18,19);1H. The highest BCUT2D eigenvalue weighted by atomic mass is 127. The molecule has 0 aliphatic carbocycles. The van der Waals surface area contributed by atoms with Crippen LogP contribution < -0.4 is 10.6 Å². The third-order valence-electron chi connectivity index (χ3n) is 3.07. The fourth-order valence-electron chi connectivity index (χ4n) is 1.84. The van der Waals surface area contributed by atoms with Gasteiger partial charge in [0.25, 0.3) is 0 Å². The Morgan fingerprint density at radius 3 is 2.30 bits per heavy atom. The van der Waals surface area contributed by atoms with Gasteiger partial charge in [-0.05, 0) is 18.9 Å². The highest BCUT2D eigenvalue weighted by Crippen LogP contribution is 2.22. The van der Waals surface area contributed by atoms with E-state index < -0.39 is 0 Å². The summed E-state index contributed by atoms with van der Waals surface area (Å²) in [5, 5.41) is 6.61. The summed E-state index contributed by atoms with van der Waals surface area (Å²) in [6.07, 6.45) is 1.10. The second-order valence-electron chi connectivity index (χ2n) is 5.37. The molecular weight excluding hydrogens is 361 g/mol. The molecule has 1 rings (SSSR count). The Labute approximate surface area is 140 Å². The summed E-state index contributed by atoms with van der Waals surface area (Å²) in [5.74, 6) is 0.911. The third-order valence-corrected chi connectivity index (χ3v) is 3.07. The van der Waals surface area contributed by atoms with Gasteiger partial charge in [-0.1, -0.05) is 51.1 Å². The van der Waals surface area contributed by atoms with Crippen LogP contribution >= 0.6 is 24.0 Å². The normalized spacial score (nSPS) is 11.7. The Morgan fingerprint density at radius 1 is 1.10 bits per heavy atom. The minimum Gasteiger partial charge on any atom is -0.357 e. The number of rotatable bonds is 6. The first-order valence-corrected chi connectivity index (χ1v) is 7.18. The van der Waals surface area contributed by atoms with E-state index in [-0.39, 0.29) is 29.4 Å². The Morgan fingerprint density at radius 2 is 1.75 bits per heavy atom. The van der Waals surface area contributed by atoms with Crippen molar-refractivity contribution in [2.75, 3.05) is 19.6 Å². The third kappa shape index (κ3) is 6.59. The minimum absolute atomic E-state index is 0. The van der Waals surface area contributed by atoms with Crippen molar-refractivity contribution in [3.05, 3.63) is 35.9 Å². The first-order valence-electron chi connectivity index (χ1n) is 7.18. The van der Waals surface area contributed by atoms with E-state index in [2.05, 4.69) is 68.7 Å². The molecule has 3 nitrogen and oxygen atoms in total. The molecule has 0 saturated heterocycles. The van der Waals surface area contributed by atoms with E-state index in [1.165, 1.54) is 5.56 Å². The number of nitrogens with one attached hydrogen (secondary N) is 2. The summed E-state index contributed by atoms with van der Waals surface area (Å²) in [6, 6.07) is 10.6. The van der Waals surface area contributed by atoms with Gasteiger partial charge in [-0.3, -0.25) is 4.99 Å². The number of hydrogen-bond acceptors (Lipinski definition) is 1. The van der Waals surface area contributed by atoms with Gasteiger partial charge in [0.2, 0.25) is 0 Å². The molecule has 0 amide bonds. The van der Waals surface area contributed by atoms with Crippen LogP contribution in [-0.2, 0) is 5.41 Å². The molecule has 20 heavy (non-hydrogen) atoms. The van der Waals surface area contributed by atoms with E-state index in [4.69, 9.17) is 4.99 Å². The molecule has 1 aromatic rings. The highest BCUT2D eigenvalue weighted by molar-refractivity contribution is 14.0. The lowest BCUT2D eigenvalue weighted by atomic mass is 9.85. The van der Waals surface area contributed by atoms with Gasteiger partial charge in [-0.2, -0.15) is 0 Å². The average Bonchev–Trinajstić information content (AvgIpc) is 2.43. The summed E-state index contributed by atoms with van der Waals surface area (Å²) in [4.78, 5) is 4.69. The Kier molecular flexibility index (Phi) is 9.63. The van der Waals surface area contributed by atoms with Crippen molar-refractivity contribution in [2.45, 2.75) is 39.5 Å². The van der Waals surface area contributed by atoms with Crippen LogP contribution in [0.25, 0.3) is 0 Å². The van der Waals surface area contributed by atoms with Gasteiger partial charge in [-0.25, -0.2) is 0 Å². The van der Waals surface area contributed by atoms with Crippen molar-refractivity contribution in [1.82, 2.24) is 10.6 Å². The smallest absolute Gasteiger partial charge is 0.191 e. The molecule has 0 bridgehead atoms. The zero-order valence-corrected chi connectivity index (χ0v) is 15.4. The van der Waals surface area contributed by atoms with Gasteiger partial charge < -0.3 is 10.6 Å². The molecule has 0 spiro atoms. The second kappa shape index (κ2) is 10.0. The lowest BCUT2D eigenvalue weighted by Gasteiger charge is -2.23. The molecule has 0 aliphatic heterocycles. The maximum atomic E-state index is 4.69. The van der Waals surface area contributed by atoms with Gasteiger partial charge in [0.05, 0.1) is 6.54 Å². The molecule has 0 fully saturated rings. The van der Waals surface area contributed by atoms with Crippen LogP contribution in [0, 0.1) is 0 Å². The topological polar surface area (TPSA) is 36.4 Å². The molecule has 0 aromatic heterocycles. The molecule has 0 atom stereocenters. The number of aliphatic imine (C=N–C) groups is 1. The van der Waals surface area contributed by atoms with E-state index in [0.29, 0.717) is 0 Å². The van der Waals surface area contributed by atoms with Crippen LogP contribution in [0.4, 0.5) is 0 Å². The molecule has 0 heterocycles. The van der Waals surface area contributed by atoms with Crippen molar-refractivity contribution in [3.8, 4) is 0 Å². The predicted octanol–water partition coefficient (Wildman–Crippen LogP) is 3.55. The number of benzene rings is 1. The van der Waals surface area contributed by atoms with E-state index >= 15 is 0 Å². The highest BCUT2D eigenvalue weighted by Gasteiger charge is 2.19. The molecule has 114 valence electrons. The summed E-state index contributed by atoms with van der Waals surface area (Å²) in [6.45, 7) is 11.3. The summed E-state index contributed by atoms with van der Waals surface area (Å²) in [5.41, 5.74) is 1.38. The average molecular weight is 389 g/mol. The van der Waals surface area contributed by atoms with Gasteiger partial charge in [0.1, 0.15) is 0 Å². The van der Waals surface area contributed by atoms with Crippen LogP contribution in [0.5, 0.6) is 0 Å². The van der Waals surface area contributed by atoms with E-state index in [0.717, 1.165) is 32.0 Å². The van der Waals surface area contributed by atoms with Crippen LogP contribution in [0.2, 0.25) is 0 Å². The molecular formula is C16H28IN3. The van der Waals surface area contributed by atoms with E-state index in [9.17, 15) is 0 Å². The molecule has 1 aromatic carbocycles. The van der Waals surface area contributed by atoms with Crippen molar-refractivity contribution in [2.24, 2.45) is 4.99 Å². The maximum Gasteiger partial charge on any atom is 0.191 e. The van der Waals surface area contributed by atoms with Gasteiger partial charge in [-0.15, -0.1) is 24.0 Å². The first-order chi connectivity index (χ1) is 9.10. The Hall–Kier alpha value is -0.780. The van der Waals surface area contributed by atoms with Crippen molar-refractivity contribution in [1.29, 1.82) is 0 Å². The fourth-order valence-corrected chi connectivity index (χ4v) is 1.84. The lowest BCUT2D eigenvalue weighted by molar-refractivity contribution is 0.537. The fraction of sp³-hybridized carbons (Fsp3) is 0.562. The predicted molar refractivity (Wildman–Crippen MR) is 99.2 cm³/mol. The van der Waals surface area contributed by atoms with Crippen molar-refractivity contribution >= 4 is 29.9 Å². The van der Waals surface area contributed by atoms with Crippen LogP contribution in [0.15, 0.2) is 35.3 Å². The quantitative estimate of drug-likeness (QED) is 0.444. The zero-order valence-electron chi connectivity index (χ0n) is 13.1. The molecule has 0 unspecified atom stereocenters. The monoisotopic (exact) mass is 389 g/mol. The number of guanidine groups is 1. The second-order valence-corrected chi connectivity index (χ2v) is 5.37. The number of hydrogen-bond donors (Lipinski definition) is 2. The zero-order chi connectivity index (χ0) is 14.1. The van der Waals surface area contributed by atoms with E-state index in [1.54, 1.807) is 0 Å². The molecule has 0 radical (unpaired) electrons. The first kappa shape index (κ1) is 19.2. The minimum atomic E-state index is 0. The van der Waals surface area contributed by atoms with E-state index in [1.807, 2.05) is 0 Å². The number of nitrogens with zero attached hydrogens (tertiary/aromatic N) is 1. The largest absolute Gasteiger partial charge is 0.357 e.